The third-order valence-electron chi connectivity index (χ3n) is 6.48. The first-order valence-electron chi connectivity index (χ1n) is 11.6. The maximum Gasteiger partial charge on any atom is 0.374 e. The standard InChI is InChI=1S/C29H28NO2/c31-28(25-12-5-2-6-13-25)21-30-27-14-8-7-11-24(27)17-20-29(30)32-26-18-15-23(16-19-26)22-9-3-1-4-10-22/h2,5-8,11-20,22H,1,3-4,9-10,21H2/q+1. The minimum atomic E-state index is 0.0597. The fourth-order valence-corrected chi connectivity index (χ4v) is 4.72. The summed E-state index contributed by atoms with van der Waals surface area (Å²) in [5.41, 5.74) is 3.09. The molecule has 1 aliphatic carbocycles. The summed E-state index contributed by atoms with van der Waals surface area (Å²) < 4.78 is 8.28. The summed E-state index contributed by atoms with van der Waals surface area (Å²) >= 11 is 0. The van der Waals surface area contributed by atoms with Crippen molar-refractivity contribution >= 4 is 16.7 Å². The van der Waals surface area contributed by atoms with Gasteiger partial charge in [-0.1, -0.05) is 73.9 Å². The molecule has 5 rings (SSSR count). The number of ether oxygens (including phenoxy) is 1. The predicted molar refractivity (Wildman–Crippen MR) is 127 cm³/mol. The molecule has 1 fully saturated rings. The Morgan fingerprint density at radius 2 is 1.50 bits per heavy atom. The molecule has 0 unspecified atom stereocenters. The third kappa shape index (κ3) is 4.43. The number of para-hydroxylation sites is 1. The van der Waals surface area contributed by atoms with Gasteiger partial charge in [-0.25, -0.2) is 0 Å². The van der Waals surface area contributed by atoms with Crippen molar-refractivity contribution in [3.8, 4) is 11.6 Å². The van der Waals surface area contributed by atoms with E-state index < -0.39 is 0 Å². The average molecular weight is 423 g/mol. The van der Waals surface area contributed by atoms with Gasteiger partial charge in [-0.05, 0) is 48.6 Å². The number of carbonyl (C=O) groups excluding carboxylic acids is 1. The number of rotatable bonds is 6. The fourth-order valence-electron chi connectivity index (χ4n) is 4.72. The van der Waals surface area contributed by atoms with Crippen molar-refractivity contribution < 1.29 is 14.1 Å². The van der Waals surface area contributed by atoms with E-state index in [1.807, 2.05) is 65.2 Å². The van der Waals surface area contributed by atoms with Crippen LogP contribution in [0.4, 0.5) is 0 Å². The Hall–Kier alpha value is -3.46. The Kier molecular flexibility index (Phi) is 5.98. The Morgan fingerprint density at radius 3 is 2.28 bits per heavy atom. The van der Waals surface area contributed by atoms with E-state index in [1.165, 1.54) is 37.7 Å². The van der Waals surface area contributed by atoms with Crippen LogP contribution < -0.4 is 9.30 Å². The van der Waals surface area contributed by atoms with Crippen molar-refractivity contribution in [2.45, 2.75) is 44.6 Å². The van der Waals surface area contributed by atoms with Crippen LogP contribution in [0.3, 0.4) is 0 Å². The summed E-state index contributed by atoms with van der Waals surface area (Å²) in [5.74, 6) is 2.19. The van der Waals surface area contributed by atoms with Gasteiger partial charge in [0.25, 0.3) is 0 Å². The molecule has 0 saturated heterocycles. The van der Waals surface area contributed by atoms with E-state index in [-0.39, 0.29) is 12.3 Å². The molecule has 0 aliphatic heterocycles. The summed E-state index contributed by atoms with van der Waals surface area (Å²) in [6.07, 6.45) is 6.59. The number of pyridine rings is 1. The molecular formula is C29H28NO2+. The zero-order valence-corrected chi connectivity index (χ0v) is 18.2. The minimum Gasteiger partial charge on any atom is -0.405 e. The third-order valence-corrected chi connectivity index (χ3v) is 6.48. The van der Waals surface area contributed by atoms with Gasteiger partial charge in [-0.2, -0.15) is 4.57 Å². The van der Waals surface area contributed by atoms with Gasteiger partial charge < -0.3 is 4.74 Å². The first-order valence-corrected chi connectivity index (χ1v) is 11.6. The normalized spacial score (nSPS) is 14.4. The van der Waals surface area contributed by atoms with Crippen LogP contribution in [0.25, 0.3) is 10.9 Å². The summed E-state index contributed by atoms with van der Waals surface area (Å²) in [4.78, 5) is 13.0. The lowest BCUT2D eigenvalue weighted by atomic mass is 9.84. The summed E-state index contributed by atoms with van der Waals surface area (Å²) in [6.45, 7) is 0.223. The van der Waals surface area contributed by atoms with E-state index in [9.17, 15) is 4.79 Å². The molecule has 0 radical (unpaired) electrons. The summed E-state index contributed by atoms with van der Waals surface area (Å²) in [6, 6.07) is 30.0. The maximum atomic E-state index is 13.0. The van der Waals surface area contributed by atoms with Crippen molar-refractivity contribution in [2.24, 2.45) is 0 Å². The van der Waals surface area contributed by atoms with Crippen LogP contribution >= 0.6 is 0 Å². The van der Waals surface area contributed by atoms with Crippen LogP contribution in [-0.2, 0) is 6.54 Å². The number of fused-ring (bicyclic) bond motifs is 1. The lowest BCUT2D eigenvalue weighted by molar-refractivity contribution is -0.661. The second kappa shape index (κ2) is 9.35. The Balaban J connectivity index is 1.44. The van der Waals surface area contributed by atoms with E-state index in [2.05, 4.69) is 30.3 Å². The minimum absolute atomic E-state index is 0.0597. The highest BCUT2D eigenvalue weighted by atomic mass is 16.5. The maximum absolute atomic E-state index is 13.0. The Labute approximate surface area is 189 Å². The summed E-state index contributed by atoms with van der Waals surface area (Å²) in [7, 11) is 0. The second-order valence-electron chi connectivity index (χ2n) is 8.61. The second-order valence-corrected chi connectivity index (χ2v) is 8.61. The van der Waals surface area contributed by atoms with Crippen molar-refractivity contribution in [1.82, 2.24) is 0 Å². The first kappa shape index (κ1) is 20.4. The molecule has 3 aromatic carbocycles. The number of aromatic nitrogens is 1. The van der Waals surface area contributed by atoms with Crippen molar-refractivity contribution in [3.63, 3.8) is 0 Å². The van der Waals surface area contributed by atoms with Gasteiger partial charge in [-0.15, -0.1) is 0 Å². The number of hydrogen-bond donors (Lipinski definition) is 0. The van der Waals surface area contributed by atoms with E-state index >= 15 is 0 Å². The fraction of sp³-hybridized carbons (Fsp3) is 0.241. The molecule has 32 heavy (non-hydrogen) atoms. The van der Waals surface area contributed by atoms with Crippen LogP contribution in [0.5, 0.6) is 11.6 Å². The highest BCUT2D eigenvalue weighted by molar-refractivity contribution is 5.95. The van der Waals surface area contributed by atoms with Crippen molar-refractivity contribution in [3.05, 3.63) is 102 Å². The number of nitrogens with zero attached hydrogens (tertiary/aromatic N) is 1. The lowest BCUT2D eigenvalue weighted by Gasteiger charge is -2.22. The molecule has 1 aliphatic rings. The molecule has 0 atom stereocenters. The SMILES string of the molecule is O=C(C[n+]1c(Oc2ccc(C3CCCCC3)cc2)ccc2ccccc21)c1ccccc1. The molecule has 3 nitrogen and oxygen atoms in total. The average Bonchev–Trinajstić information content (AvgIpc) is 2.87. The highest BCUT2D eigenvalue weighted by Gasteiger charge is 2.22. The monoisotopic (exact) mass is 422 g/mol. The molecule has 1 saturated carbocycles. The molecule has 4 aromatic rings. The molecule has 0 N–H and O–H groups in total. The first-order chi connectivity index (χ1) is 15.8. The Bertz CT molecular complexity index is 1210. The van der Waals surface area contributed by atoms with Gasteiger partial charge in [0.15, 0.2) is 0 Å². The van der Waals surface area contributed by atoms with E-state index in [0.717, 1.165) is 16.7 Å². The largest absolute Gasteiger partial charge is 0.405 e. The van der Waals surface area contributed by atoms with Gasteiger partial charge in [0.2, 0.25) is 17.8 Å². The molecule has 160 valence electrons. The number of benzene rings is 3. The quantitative estimate of drug-likeness (QED) is 0.251. The number of Topliss-reactive ketones (excluding diaryl/α,β-unsaturated/α-hetero) is 1. The van der Waals surface area contributed by atoms with Crippen LogP contribution in [0.15, 0.2) is 91.0 Å². The number of ketones is 1. The van der Waals surface area contributed by atoms with E-state index in [4.69, 9.17) is 4.74 Å². The molecule has 0 spiro atoms. The highest BCUT2D eigenvalue weighted by Crippen LogP contribution is 2.33. The Morgan fingerprint density at radius 1 is 0.781 bits per heavy atom. The topological polar surface area (TPSA) is 30.2 Å². The van der Waals surface area contributed by atoms with Crippen LogP contribution in [0.2, 0.25) is 0 Å². The smallest absolute Gasteiger partial charge is 0.374 e. The summed E-state index contributed by atoms with van der Waals surface area (Å²) in [5, 5.41) is 1.08. The van der Waals surface area contributed by atoms with Crippen molar-refractivity contribution in [1.29, 1.82) is 0 Å². The number of carbonyl (C=O) groups is 1. The van der Waals surface area contributed by atoms with E-state index in [1.54, 1.807) is 0 Å². The van der Waals surface area contributed by atoms with Crippen LogP contribution in [0, 0.1) is 0 Å². The molecule has 0 bridgehead atoms. The van der Waals surface area contributed by atoms with Crippen molar-refractivity contribution in [2.75, 3.05) is 0 Å². The van der Waals surface area contributed by atoms with Gasteiger partial charge in [0, 0.05) is 17.0 Å². The molecule has 3 heteroatoms. The predicted octanol–water partition coefficient (Wildman–Crippen LogP) is 6.85. The van der Waals surface area contributed by atoms with E-state index in [0.29, 0.717) is 17.4 Å². The molecule has 0 amide bonds. The van der Waals surface area contributed by atoms with Gasteiger partial charge in [0.1, 0.15) is 5.75 Å². The van der Waals surface area contributed by atoms with Gasteiger partial charge in [-0.3, -0.25) is 4.79 Å². The molecular weight excluding hydrogens is 394 g/mol. The van der Waals surface area contributed by atoms with Crippen LogP contribution in [-0.4, -0.2) is 5.78 Å². The van der Waals surface area contributed by atoms with Gasteiger partial charge in [0.05, 0.1) is 6.07 Å². The zero-order chi connectivity index (χ0) is 21.8. The molecule has 1 heterocycles. The lowest BCUT2D eigenvalue weighted by Crippen LogP contribution is -2.40. The van der Waals surface area contributed by atoms with Crippen LogP contribution in [0.1, 0.15) is 53.9 Å². The molecule has 1 aromatic heterocycles. The zero-order valence-electron chi connectivity index (χ0n) is 18.2. The number of hydrogen-bond acceptors (Lipinski definition) is 2. The van der Waals surface area contributed by atoms with Gasteiger partial charge >= 0.3 is 5.88 Å².